The minimum atomic E-state index is -0.647. The molecule has 1 aliphatic carbocycles. The fraction of sp³-hybridized carbons (Fsp3) is 0.900. The molecular formula is C10H20N2O2. The normalized spacial score (nSPS) is 21.1. The molecule has 1 aliphatic rings. The summed E-state index contributed by atoms with van der Waals surface area (Å²) in [5, 5.41) is 12.1. The Bertz CT molecular complexity index is 202. The van der Waals surface area contributed by atoms with E-state index in [1.807, 2.05) is 6.92 Å². The summed E-state index contributed by atoms with van der Waals surface area (Å²) in [4.78, 5) is 11.5. The Labute approximate surface area is 84.9 Å². The largest absolute Gasteiger partial charge is 0.391 e. The molecule has 0 aromatic heterocycles. The Morgan fingerprint density at radius 2 is 2.29 bits per heavy atom. The molecule has 14 heavy (non-hydrogen) atoms. The third-order valence-electron chi connectivity index (χ3n) is 2.82. The predicted octanol–water partition coefficient (Wildman–Crippen LogP) is 0.145. The van der Waals surface area contributed by atoms with Crippen molar-refractivity contribution < 1.29 is 9.90 Å². The molecule has 0 radical (unpaired) electrons. The molecule has 0 aromatic rings. The van der Waals surface area contributed by atoms with E-state index in [4.69, 9.17) is 5.73 Å². The lowest BCUT2D eigenvalue weighted by Crippen LogP contribution is -2.59. The highest BCUT2D eigenvalue weighted by Crippen LogP contribution is 2.28. The number of aliphatic hydroxyl groups excluding tert-OH is 1. The van der Waals surface area contributed by atoms with Gasteiger partial charge < -0.3 is 16.2 Å². The first kappa shape index (κ1) is 11.5. The molecule has 4 heteroatoms. The van der Waals surface area contributed by atoms with Gasteiger partial charge >= 0.3 is 0 Å². The molecule has 0 heterocycles. The maximum absolute atomic E-state index is 11.5. The number of nitrogens with two attached hydrogens (primary N) is 1. The van der Waals surface area contributed by atoms with Gasteiger partial charge in [0.25, 0.3) is 0 Å². The highest BCUT2D eigenvalue weighted by molar-refractivity contribution is 5.86. The molecule has 1 atom stereocenters. The molecule has 0 aliphatic heterocycles. The van der Waals surface area contributed by atoms with Gasteiger partial charge in [0.05, 0.1) is 11.6 Å². The summed E-state index contributed by atoms with van der Waals surface area (Å²) in [5.41, 5.74) is 5.17. The van der Waals surface area contributed by atoms with Gasteiger partial charge in [0.1, 0.15) is 0 Å². The van der Waals surface area contributed by atoms with Crippen LogP contribution in [0.1, 0.15) is 39.0 Å². The van der Waals surface area contributed by atoms with Crippen LogP contribution < -0.4 is 11.1 Å². The Kier molecular flexibility index (Phi) is 3.89. The van der Waals surface area contributed by atoms with E-state index in [-0.39, 0.29) is 5.91 Å². The summed E-state index contributed by atoms with van der Waals surface area (Å²) in [6.07, 6.45) is 3.77. The molecule has 0 spiro atoms. The van der Waals surface area contributed by atoms with Gasteiger partial charge in [0.15, 0.2) is 0 Å². The summed E-state index contributed by atoms with van der Waals surface area (Å²) in [6.45, 7) is 2.33. The van der Waals surface area contributed by atoms with Crippen LogP contribution in [0.5, 0.6) is 0 Å². The highest BCUT2D eigenvalue weighted by atomic mass is 16.3. The standard InChI is InChI=1S/C10H20N2O2/c1-2-4-8(13)7-12-9(14)10(11)5-3-6-10/h8,13H,2-7,11H2,1H3,(H,12,14). The van der Waals surface area contributed by atoms with Crippen molar-refractivity contribution in [1.29, 1.82) is 0 Å². The minimum Gasteiger partial charge on any atom is -0.391 e. The van der Waals surface area contributed by atoms with Crippen LogP contribution >= 0.6 is 0 Å². The Hall–Kier alpha value is -0.610. The average Bonchev–Trinajstić information content (AvgIpc) is 2.11. The molecule has 1 fully saturated rings. The average molecular weight is 200 g/mol. The number of carbonyl (C=O) groups excluding carboxylic acids is 1. The van der Waals surface area contributed by atoms with Crippen molar-refractivity contribution >= 4 is 5.91 Å². The molecule has 4 nitrogen and oxygen atoms in total. The van der Waals surface area contributed by atoms with E-state index in [0.717, 1.165) is 32.1 Å². The van der Waals surface area contributed by atoms with Crippen LogP contribution in [0.25, 0.3) is 0 Å². The Morgan fingerprint density at radius 1 is 1.64 bits per heavy atom. The number of amides is 1. The van der Waals surface area contributed by atoms with E-state index in [1.165, 1.54) is 0 Å². The Morgan fingerprint density at radius 3 is 2.71 bits per heavy atom. The van der Waals surface area contributed by atoms with Gasteiger partial charge in [-0.05, 0) is 25.7 Å². The molecule has 1 unspecified atom stereocenters. The Balaban J connectivity index is 2.20. The van der Waals surface area contributed by atoms with Gasteiger partial charge in [0.2, 0.25) is 5.91 Å². The first-order valence-electron chi connectivity index (χ1n) is 5.34. The maximum atomic E-state index is 11.5. The number of nitrogens with one attached hydrogen (secondary N) is 1. The van der Waals surface area contributed by atoms with Gasteiger partial charge in [-0.3, -0.25) is 4.79 Å². The molecule has 4 N–H and O–H groups in total. The zero-order valence-corrected chi connectivity index (χ0v) is 8.75. The molecule has 0 saturated heterocycles. The van der Waals surface area contributed by atoms with Crippen molar-refractivity contribution in [1.82, 2.24) is 5.32 Å². The number of aliphatic hydroxyl groups is 1. The van der Waals surface area contributed by atoms with Crippen LogP contribution in [-0.4, -0.2) is 29.2 Å². The van der Waals surface area contributed by atoms with E-state index >= 15 is 0 Å². The number of rotatable bonds is 5. The van der Waals surface area contributed by atoms with Gasteiger partial charge in [0, 0.05) is 6.54 Å². The fourth-order valence-electron chi connectivity index (χ4n) is 1.61. The number of hydrogen-bond donors (Lipinski definition) is 3. The van der Waals surface area contributed by atoms with E-state index in [0.29, 0.717) is 6.54 Å². The van der Waals surface area contributed by atoms with Gasteiger partial charge in [-0.15, -0.1) is 0 Å². The van der Waals surface area contributed by atoms with Crippen LogP contribution in [0, 0.1) is 0 Å². The van der Waals surface area contributed by atoms with Crippen molar-refractivity contribution in [2.24, 2.45) is 5.73 Å². The van der Waals surface area contributed by atoms with Crippen molar-refractivity contribution in [2.75, 3.05) is 6.54 Å². The molecular weight excluding hydrogens is 180 g/mol. The lowest BCUT2D eigenvalue weighted by molar-refractivity contribution is -0.129. The second-order valence-corrected chi connectivity index (χ2v) is 4.16. The van der Waals surface area contributed by atoms with E-state index < -0.39 is 11.6 Å². The first-order valence-corrected chi connectivity index (χ1v) is 5.34. The second-order valence-electron chi connectivity index (χ2n) is 4.16. The highest BCUT2D eigenvalue weighted by Gasteiger charge is 2.39. The molecule has 1 amide bonds. The predicted molar refractivity (Wildman–Crippen MR) is 54.7 cm³/mol. The van der Waals surface area contributed by atoms with Crippen LogP contribution in [0.3, 0.4) is 0 Å². The summed E-state index contributed by atoms with van der Waals surface area (Å²) in [7, 11) is 0. The zero-order chi connectivity index (χ0) is 10.6. The monoisotopic (exact) mass is 200 g/mol. The van der Waals surface area contributed by atoms with Crippen molar-refractivity contribution in [3.05, 3.63) is 0 Å². The van der Waals surface area contributed by atoms with Gasteiger partial charge in [-0.25, -0.2) is 0 Å². The quantitative estimate of drug-likeness (QED) is 0.591. The minimum absolute atomic E-state index is 0.112. The first-order chi connectivity index (χ1) is 6.58. The summed E-state index contributed by atoms with van der Waals surface area (Å²) in [5.74, 6) is -0.112. The number of hydrogen-bond acceptors (Lipinski definition) is 3. The summed E-state index contributed by atoms with van der Waals surface area (Å²) in [6, 6.07) is 0. The third kappa shape index (κ3) is 2.69. The van der Waals surface area contributed by atoms with Crippen molar-refractivity contribution in [3.63, 3.8) is 0 Å². The van der Waals surface area contributed by atoms with E-state index in [1.54, 1.807) is 0 Å². The van der Waals surface area contributed by atoms with E-state index in [2.05, 4.69) is 5.32 Å². The van der Waals surface area contributed by atoms with Crippen LogP contribution in [0.15, 0.2) is 0 Å². The SMILES string of the molecule is CCCC(O)CNC(=O)C1(N)CCC1. The topological polar surface area (TPSA) is 75.3 Å². The molecule has 0 aromatic carbocycles. The zero-order valence-electron chi connectivity index (χ0n) is 8.75. The molecule has 1 saturated carbocycles. The lowest BCUT2D eigenvalue weighted by atomic mass is 9.77. The maximum Gasteiger partial charge on any atom is 0.240 e. The van der Waals surface area contributed by atoms with Gasteiger partial charge in [-0.2, -0.15) is 0 Å². The molecule has 82 valence electrons. The van der Waals surface area contributed by atoms with Crippen molar-refractivity contribution in [2.45, 2.75) is 50.7 Å². The third-order valence-corrected chi connectivity index (χ3v) is 2.82. The van der Waals surface area contributed by atoms with Crippen LogP contribution in [-0.2, 0) is 4.79 Å². The van der Waals surface area contributed by atoms with E-state index in [9.17, 15) is 9.90 Å². The lowest BCUT2D eigenvalue weighted by Gasteiger charge is -2.36. The summed E-state index contributed by atoms with van der Waals surface area (Å²) < 4.78 is 0. The molecule has 1 rings (SSSR count). The van der Waals surface area contributed by atoms with Crippen LogP contribution in [0.4, 0.5) is 0 Å². The number of carbonyl (C=O) groups is 1. The summed E-state index contributed by atoms with van der Waals surface area (Å²) >= 11 is 0. The smallest absolute Gasteiger partial charge is 0.240 e. The van der Waals surface area contributed by atoms with Crippen molar-refractivity contribution in [3.8, 4) is 0 Å². The fourth-order valence-corrected chi connectivity index (χ4v) is 1.61. The second kappa shape index (κ2) is 4.75. The molecule has 0 bridgehead atoms. The van der Waals surface area contributed by atoms with Crippen LogP contribution in [0.2, 0.25) is 0 Å². The van der Waals surface area contributed by atoms with Gasteiger partial charge in [-0.1, -0.05) is 13.3 Å².